The predicted molar refractivity (Wildman–Crippen MR) is 119 cm³/mol. The van der Waals surface area contributed by atoms with E-state index in [1.807, 2.05) is 0 Å². The van der Waals surface area contributed by atoms with Crippen LogP contribution in [0.5, 0.6) is 0 Å². The van der Waals surface area contributed by atoms with Crippen molar-refractivity contribution in [2.45, 2.75) is 25.4 Å². The Morgan fingerprint density at radius 1 is 1.35 bits per heavy atom. The zero-order chi connectivity index (χ0) is 22.2. The Kier molecular flexibility index (Phi) is 7.76. The van der Waals surface area contributed by atoms with E-state index < -0.39 is 0 Å². The van der Waals surface area contributed by atoms with Gasteiger partial charge in [0.05, 0.1) is 18.8 Å². The summed E-state index contributed by atoms with van der Waals surface area (Å²) in [5.41, 5.74) is 2.04. The van der Waals surface area contributed by atoms with Gasteiger partial charge < -0.3 is 19.7 Å². The molecular weight excluding hydrogens is 416 g/mol. The Morgan fingerprint density at radius 2 is 2.13 bits per heavy atom. The van der Waals surface area contributed by atoms with Crippen molar-refractivity contribution in [3.63, 3.8) is 0 Å². The number of hydrogen-bond donors (Lipinski definition) is 1. The minimum Gasteiger partial charge on any atom is -0.446 e. The van der Waals surface area contributed by atoms with Crippen molar-refractivity contribution in [3.8, 4) is 6.07 Å². The Morgan fingerprint density at radius 3 is 2.81 bits per heavy atom. The monoisotopic (exact) mass is 440 g/mol. The average molecular weight is 441 g/mol. The summed E-state index contributed by atoms with van der Waals surface area (Å²) in [7, 11) is 0. The van der Waals surface area contributed by atoms with Crippen LogP contribution in [0.15, 0.2) is 41.6 Å². The van der Waals surface area contributed by atoms with Gasteiger partial charge in [-0.15, -0.1) is 11.3 Å². The van der Waals surface area contributed by atoms with Crippen molar-refractivity contribution in [3.05, 3.63) is 52.6 Å². The minimum absolute atomic E-state index is 0.247. The second kappa shape index (κ2) is 10.7. The molecule has 2 amide bonds. The smallest absolute Gasteiger partial charge is 0.410 e. The molecule has 1 N–H and O–H groups in total. The summed E-state index contributed by atoms with van der Waals surface area (Å²) in [6.45, 7) is 9.12. The predicted octanol–water partition coefficient (Wildman–Crippen LogP) is 3.21. The zero-order valence-electron chi connectivity index (χ0n) is 17.1. The lowest BCUT2D eigenvalue weighted by Gasteiger charge is -2.29. The molecule has 1 atom stereocenters. The largest absolute Gasteiger partial charge is 0.446 e. The van der Waals surface area contributed by atoms with Crippen molar-refractivity contribution in [2.24, 2.45) is 4.99 Å². The lowest BCUT2D eigenvalue weighted by Crippen LogP contribution is -2.42. The van der Waals surface area contributed by atoms with Gasteiger partial charge in [-0.05, 0) is 36.8 Å². The first-order chi connectivity index (χ1) is 15.0. The Balaban J connectivity index is 1.66. The Bertz CT molecular complexity index is 967. The Hall–Kier alpha value is -3.22. The van der Waals surface area contributed by atoms with Crippen LogP contribution in [0.25, 0.3) is 0 Å². The number of nitrogens with zero attached hydrogens (tertiary/aromatic N) is 3. The van der Waals surface area contributed by atoms with Gasteiger partial charge in [0.25, 0.3) is 0 Å². The summed E-state index contributed by atoms with van der Waals surface area (Å²) in [4.78, 5) is 30.9. The van der Waals surface area contributed by atoms with E-state index in [2.05, 4.69) is 29.7 Å². The molecule has 1 aliphatic heterocycles. The molecule has 1 fully saturated rings. The van der Waals surface area contributed by atoms with Crippen molar-refractivity contribution >= 4 is 35.1 Å². The third-order valence-electron chi connectivity index (χ3n) is 5.01. The molecule has 162 valence electrons. The van der Waals surface area contributed by atoms with Crippen LogP contribution in [-0.4, -0.2) is 56.0 Å². The highest BCUT2D eigenvalue weighted by molar-refractivity contribution is 7.16. The number of rotatable bonds is 6. The van der Waals surface area contributed by atoms with E-state index in [1.165, 1.54) is 23.6 Å². The molecule has 0 aromatic carbocycles. The zero-order valence-corrected chi connectivity index (χ0v) is 18.0. The van der Waals surface area contributed by atoms with Gasteiger partial charge in [0, 0.05) is 36.7 Å². The topological polar surface area (TPSA) is 104 Å². The summed E-state index contributed by atoms with van der Waals surface area (Å²) >= 11 is 1.36. The van der Waals surface area contributed by atoms with Crippen molar-refractivity contribution in [1.82, 2.24) is 4.90 Å². The average Bonchev–Trinajstić information content (AvgIpc) is 3.13. The van der Waals surface area contributed by atoms with E-state index >= 15 is 0 Å². The number of nitrogens with one attached hydrogen (secondary N) is 1. The van der Waals surface area contributed by atoms with Gasteiger partial charge in [-0.3, -0.25) is 9.79 Å². The molecule has 1 aromatic rings. The number of carbonyl (C=O) groups is 2. The molecule has 0 radical (unpaired) electrons. The molecule has 9 heteroatoms. The highest BCUT2D eigenvalue weighted by Gasteiger charge is 2.30. The van der Waals surface area contributed by atoms with Crippen LogP contribution in [0.3, 0.4) is 0 Å². The van der Waals surface area contributed by atoms with E-state index in [1.54, 1.807) is 17.1 Å². The fraction of sp³-hybridized carbons (Fsp3) is 0.364. The van der Waals surface area contributed by atoms with E-state index in [9.17, 15) is 14.9 Å². The maximum Gasteiger partial charge on any atom is 0.410 e. The third-order valence-corrected chi connectivity index (χ3v) is 6.18. The molecule has 1 saturated heterocycles. The van der Waals surface area contributed by atoms with Crippen LogP contribution in [0.1, 0.15) is 22.4 Å². The van der Waals surface area contributed by atoms with Gasteiger partial charge in [0.2, 0.25) is 5.91 Å². The maximum absolute atomic E-state index is 12.4. The van der Waals surface area contributed by atoms with Gasteiger partial charge in [-0.2, -0.15) is 5.26 Å². The number of hydrogen-bond acceptors (Lipinski definition) is 7. The summed E-state index contributed by atoms with van der Waals surface area (Å²) in [5, 5.41) is 12.9. The number of thiophene rings is 1. The standard InChI is InChI=1S/C22H24N4O4S/c1-3-15(14-24-2)4-7-20(27)25-21-18(13-23)17-6-5-16(12-19(17)31-21)30-22(28)26-8-10-29-11-9-26/h3-4,7,14,16H,1-2,5-6,8-12H2,(H,25,27)/b7-4+,15-14+. The molecule has 1 unspecified atom stereocenters. The van der Waals surface area contributed by atoms with Gasteiger partial charge in [0.15, 0.2) is 0 Å². The van der Waals surface area contributed by atoms with Gasteiger partial charge in [0.1, 0.15) is 17.2 Å². The lowest BCUT2D eigenvalue weighted by molar-refractivity contribution is -0.111. The summed E-state index contributed by atoms with van der Waals surface area (Å²) < 4.78 is 10.9. The fourth-order valence-electron chi connectivity index (χ4n) is 3.42. The van der Waals surface area contributed by atoms with E-state index in [-0.39, 0.29) is 18.1 Å². The first-order valence-corrected chi connectivity index (χ1v) is 10.7. The van der Waals surface area contributed by atoms with Crippen LogP contribution in [0.2, 0.25) is 0 Å². The fourth-order valence-corrected chi connectivity index (χ4v) is 4.69. The number of ether oxygens (including phenoxy) is 2. The van der Waals surface area contributed by atoms with Crippen LogP contribution in [-0.2, 0) is 27.1 Å². The van der Waals surface area contributed by atoms with Crippen molar-refractivity contribution < 1.29 is 19.1 Å². The minimum atomic E-state index is -0.359. The molecule has 1 aromatic heterocycles. The van der Waals surface area contributed by atoms with Crippen LogP contribution < -0.4 is 5.32 Å². The number of fused-ring (bicyclic) bond motifs is 1. The van der Waals surface area contributed by atoms with Crippen LogP contribution in [0, 0.1) is 11.3 Å². The highest BCUT2D eigenvalue weighted by Crippen LogP contribution is 2.38. The van der Waals surface area contributed by atoms with Gasteiger partial charge in [-0.1, -0.05) is 12.7 Å². The lowest BCUT2D eigenvalue weighted by atomic mass is 9.94. The highest BCUT2D eigenvalue weighted by atomic mass is 32.1. The maximum atomic E-state index is 12.4. The van der Waals surface area contributed by atoms with Crippen molar-refractivity contribution in [1.29, 1.82) is 5.26 Å². The van der Waals surface area contributed by atoms with E-state index in [0.717, 1.165) is 10.4 Å². The van der Waals surface area contributed by atoms with E-state index in [4.69, 9.17) is 9.47 Å². The number of anilines is 1. The van der Waals surface area contributed by atoms with Gasteiger partial charge >= 0.3 is 6.09 Å². The van der Waals surface area contributed by atoms with Crippen LogP contribution in [0.4, 0.5) is 9.80 Å². The number of nitriles is 1. The molecule has 2 aliphatic rings. The summed E-state index contributed by atoms with van der Waals surface area (Å²) in [6, 6.07) is 2.20. The third kappa shape index (κ3) is 5.69. The van der Waals surface area contributed by atoms with Gasteiger partial charge in [-0.25, -0.2) is 4.79 Å². The molecule has 0 saturated carbocycles. The van der Waals surface area contributed by atoms with Crippen molar-refractivity contribution in [2.75, 3.05) is 31.6 Å². The van der Waals surface area contributed by atoms with E-state index in [0.29, 0.717) is 61.7 Å². The summed E-state index contributed by atoms with van der Waals surface area (Å²) in [5.74, 6) is -0.359. The first kappa shape index (κ1) is 22.5. The molecule has 31 heavy (non-hydrogen) atoms. The number of aliphatic imine (C=N–C) groups is 1. The number of amides is 2. The molecule has 3 rings (SSSR count). The molecule has 1 aliphatic carbocycles. The first-order valence-electron chi connectivity index (χ1n) is 9.91. The molecule has 8 nitrogen and oxygen atoms in total. The molecule has 0 bridgehead atoms. The molecular formula is C22H24N4O4S. The SMILES string of the molecule is C=CC(/C=C/C(=O)Nc1sc2c(c1C#N)CCC(OC(=O)N1CCOCC1)C2)=C\N=C. The quantitative estimate of drug-likeness (QED) is 0.416. The summed E-state index contributed by atoms with van der Waals surface area (Å²) in [6.07, 6.45) is 7.19. The Labute approximate surface area is 185 Å². The molecule has 2 heterocycles. The number of allylic oxidation sites excluding steroid dienone is 3. The second-order valence-electron chi connectivity index (χ2n) is 7.01. The molecule has 0 spiro atoms. The normalized spacial score (nSPS) is 18.7. The number of morpholine rings is 1. The van der Waals surface area contributed by atoms with Crippen LogP contribution >= 0.6 is 11.3 Å². The number of carbonyl (C=O) groups excluding carboxylic acids is 2. The second-order valence-corrected chi connectivity index (χ2v) is 8.11.